The van der Waals surface area contributed by atoms with Crippen LogP contribution in [0.4, 0.5) is 0 Å². The van der Waals surface area contributed by atoms with Gasteiger partial charge in [-0.25, -0.2) is 13.1 Å². The second-order valence-corrected chi connectivity index (χ2v) is 7.82. The van der Waals surface area contributed by atoms with Crippen LogP contribution in [0.1, 0.15) is 15.9 Å². The number of rotatable bonds is 9. The zero-order chi connectivity index (χ0) is 19.9. The van der Waals surface area contributed by atoms with Crippen molar-refractivity contribution in [1.82, 2.24) is 9.62 Å². The van der Waals surface area contributed by atoms with Crippen molar-refractivity contribution >= 4 is 15.9 Å². The third-order valence-corrected chi connectivity index (χ3v) is 5.29. The zero-order valence-corrected chi connectivity index (χ0v) is 16.3. The van der Waals surface area contributed by atoms with E-state index in [0.29, 0.717) is 18.7 Å². The van der Waals surface area contributed by atoms with Gasteiger partial charge in [0, 0.05) is 19.2 Å². The van der Waals surface area contributed by atoms with E-state index in [1.165, 1.54) is 23.1 Å². The highest BCUT2D eigenvalue weighted by atomic mass is 32.2. The van der Waals surface area contributed by atoms with Crippen molar-refractivity contribution in [3.05, 3.63) is 72.3 Å². The minimum atomic E-state index is -3.68. The van der Waals surface area contributed by atoms with E-state index >= 15 is 0 Å². The molecule has 1 amide bonds. The molecule has 0 fully saturated rings. The third-order valence-electron chi connectivity index (χ3n) is 3.87. The summed E-state index contributed by atoms with van der Waals surface area (Å²) in [5.41, 5.74) is 1.45. The van der Waals surface area contributed by atoms with Crippen LogP contribution in [0.15, 0.2) is 66.1 Å². The Morgan fingerprint density at radius 1 is 1.22 bits per heavy atom. The van der Waals surface area contributed by atoms with Crippen LogP contribution in [0, 0.1) is 6.92 Å². The Hall–Kier alpha value is -2.64. The highest BCUT2D eigenvalue weighted by Crippen LogP contribution is 2.14. The molecule has 0 aliphatic rings. The number of hydrogen-bond acceptors (Lipinski definition) is 4. The van der Waals surface area contributed by atoms with Crippen molar-refractivity contribution < 1.29 is 17.9 Å². The molecule has 0 aromatic heterocycles. The van der Waals surface area contributed by atoms with Crippen molar-refractivity contribution in [2.24, 2.45) is 0 Å². The van der Waals surface area contributed by atoms with E-state index in [1.807, 2.05) is 31.2 Å². The van der Waals surface area contributed by atoms with Gasteiger partial charge in [-0.3, -0.25) is 4.79 Å². The Bertz CT molecular complexity index is 892. The second-order valence-electron chi connectivity index (χ2n) is 6.06. The first-order chi connectivity index (χ1) is 12.8. The van der Waals surface area contributed by atoms with Crippen molar-refractivity contribution in [3.8, 4) is 5.75 Å². The smallest absolute Gasteiger partial charge is 0.253 e. The highest BCUT2D eigenvalue weighted by Gasteiger charge is 2.17. The quantitative estimate of drug-likeness (QED) is 0.670. The van der Waals surface area contributed by atoms with Gasteiger partial charge in [0.1, 0.15) is 12.4 Å². The number of nitrogens with one attached hydrogen (secondary N) is 1. The average Bonchev–Trinajstić information content (AvgIpc) is 2.67. The van der Waals surface area contributed by atoms with Crippen LogP contribution in [-0.2, 0) is 10.0 Å². The van der Waals surface area contributed by atoms with Gasteiger partial charge in [0.2, 0.25) is 10.0 Å². The van der Waals surface area contributed by atoms with Crippen LogP contribution >= 0.6 is 0 Å². The molecule has 27 heavy (non-hydrogen) atoms. The molecule has 0 aliphatic heterocycles. The molecule has 0 spiro atoms. The van der Waals surface area contributed by atoms with E-state index in [-0.39, 0.29) is 17.3 Å². The highest BCUT2D eigenvalue weighted by molar-refractivity contribution is 7.89. The number of carbonyl (C=O) groups excluding carboxylic acids is 1. The number of likely N-dealkylation sites (N-methyl/N-ethyl adjacent to an activating group) is 1. The Kier molecular flexibility index (Phi) is 7.15. The summed E-state index contributed by atoms with van der Waals surface area (Å²) in [6.07, 6.45) is 1.45. The largest absolute Gasteiger partial charge is 0.492 e. The van der Waals surface area contributed by atoms with Crippen LogP contribution in [0.3, 0.4) is 0 Å². The maximum Gasteiger partial charge on any atom is 0.253 e. The Morgan fingerprint density at radius 2 is 1.93 bits per heavy atom. The average molecular weight is 388 g/mol. The summed E-state index contributed by atoms with van der Waals surface area (Å²) in [6, 6.07) is 13.6. The lowest BCUT2D eigenvalue weighted by Gasteiger charge is -2.18. The van der Waals surface area contributed by atoms with Gasteiger partial charge in [0.25, 0.3) is 5.91 Å². The maximum atomic E-state index is 12.6. The second kappa shape index (κ2) is 9.34. The van der Waals surface area contributed by atoms with Crippen molar-refractivity contribution in [3.63, 3.8) is 0 Å². The summed E-state index contributed by atoms with van der Waals surface area (Å²) in [7, 11) is -2.03. The van der Waals surface area contributed by atoms with Crippen LogP contribution in [0.25, 0.3) is 0 Å². The molecule has 0 bridgehead atoms. The first kappa shape index (κ1) is 20.7. The zero-order valence-electron chi connectivity index (χ0n) is 15.5. The predicted octanol–water partition coefficient (Wildman–Crippen LogP) is 2.61. The number of benzene rings is 2. The topological polar surface area (TPSA) is 75.7 Å². The molecule has 0 saturated carbocycles. The molecule has 0 atom stereocenters. The van der Waals surface area contributed by atoms with Gasteiger partial charge < -0.3 is 9.64 Å². The minimum absolute atomic E-state index is 0.0412. The molecule has 144 valence electrons. The maximum absolute atomic E-state index is 12.6. The first-order valence-electron chi connectivity index (χ1n) is 8.49. The van der Waals surface area contributed by atoms with Gasteiger partial charge in [-0.05, 0) is 37.3 Å². The van der Waals surface area contributed by atoms with E-state index in [4.69, 9.17) is 4.74 Å². The molecule has 2 rings (SSSR count). The summed E-state index contributed by atoms with van der Waals surface area (Å²) in [4.78, 5) is 14.1. The SMILES string of the molecule is C=CCNS(=O)(=O)c1cccc(C(=O)N(C)CCOc2ccc(C)cc2)c1. The first-order valence-corrected chi connectivity index (χ1v) is 9.97. The van der Waals surface area contributed by atoms with Crippen molar-refractivity contribution in [1.29, 1.82) is 0 Å². The molecule has 6 nitrogen and oxygen atoms in total. The fourth-order valence-corrected chi connectivity index (χ4v) is 3.35. The summed E-state index contributed by atoms with van der Waals surface area (Å²) in [5, 5.41) is 0. The number of carbonyl (C=O) groups is 1. The van der Waals surface area contributed by atoms with E-state index < -0.39 is 10.0 Å². The predicted molar refractivity (Wildman–Crippen MR) is 105 cm³/mol. The Morgan fingerprint density at radius 3 is 2.59 bits per heavy atom. The molecule has 2 aromatic carbocycles. The van der Waals surface area contributed by atoms with E-state index in [9.17, 15) is 13.2 Å². The summed E-state index contributed by atoms with van der Waals surface area (Å²) < 4.78 is 32.4. The van der Waals surface area contributed by atoms with Gasteiger partial charge in [-0.1, -0.05) is 29.8 Å². The standard InChI is InChI=1S/C20H24N2O4S/c1-4-12-21-27(24,25)19-7-5-6-17(15-19)20(23)22(3)13-14-26-18-10-8-16(2)9-11-18/h4-11,15,21H,1,12-14H2,2-3H3. The van der Waals surface area contributed by atoms with E-state index in [2.05, 4.69) is 11.3 Å². The number of ether oxygens (including phenoxy) is 1. The Balaban J connectivity index is 1.98. The molecule has 0 radical (unpaired) electrons. The molecular weight excluding hydrogens is 364 g/mol. The van der Waals surface area contributed by atoms with Crippen LogP contribution in [-0.4, -0.2) is 46.0 Å². The summed E-state index contributed by atoms with van der Waals surface area (Å²) >= 11 is 0. The van der Waals surface area contributed by atoms with Gasteiger partial charge in [0.15, 0.2) is 0 Å². The number of nitrogens with zero attached hydrogens (tertiary/aromatic N) is 1. The Labute approximate surface area is 160 Å². The number of amides is 1. The molecule has 0 saturated heterocycles. The van der Waals surface area contributed by atoms with E-state index in [1.54, 1.807) is 19.2 Å². The third kappa shape index (κ3) is 5.94. The van der Waals surface area contributed by atoms with Gasteiger partial charge in [0.05, 0.1) is 11.4 Å². The molecule has 0 unspecified atom stereocenters. The molecular formula is C20H24N2O4S. The molecule has 0 aliphatic carbocycles. The number of hydrogen-bond donors (Lipinski definition) is 1. The minimum Gasteiger partial charge on any atom is -0.492 e. The van der Waals surface area contributed by atoms with Crippen LogP contribution in [0.2, 0.25) is 0 Å². The normalized spacial score (nSPS) is 11.0. The van der Waals surface area contributed by atoms with E-state index in [0.717, 1.165) is 11.3 Å². The lowest BCUT2D eigenvalue weighted by molar-refractivity contribution is 0.0773. The summed E-state index contributed by atoms with van der Waals surface area (Å²) in [5.74, 6) is 0.464. The number of aryl methyl sites for hydroxylation is 1. The fraction of sp³-hybridized carbons (Fsp3) is 0.250. The van der Waals surface area contributed by atoms with Crippen molar-refractivity contribution in [2.45, 2.75) is 11.8 Å². The lowest BCUT2D eigenvalue weighted by atomic mass is 10.2. The lowest BCUT2D eigenvalue weighted by Crippen LogP contribution is -2.31. The molecule has 0 heterocycles. The monoisotopic (exact) mass is 388 g/mol. The van der Waals surface area contributed by atoms with Crippen molar-refractivity contribution in [2.75, 3.05) is 26.7 Å². The van der Waals surface area contributed by atoms with Gasteiger partial charge in [-0.2, -0.15) is 0 Å². The van der Waals surface area contributed by atoms with Crippen LogP contribution in [0.5, 0.6) is 5.75 Å². The van der Waals surface area contributed by atoms with Gasteiger partial charge >= 0.3 is 0 Å². The molecule has 1 N–H and O–H groups in total. The van der Waals surface area contributed by atoms with Gasteiger partial charge in [-0.15, -0.1) is 6.58 Å². The summed E-state index contributed by atoms with van der Waals surface area (Å²) in [6.45, 7) is 6.31. The molecule has 2 aromatic rings. The number of sulfonamides is 1. The molecule has 7 heteroatoms. The fourth-order valence-electron chi connectivity index (χ4n) is 2.31. The van der Waals surface area contributed by atoms with Crippen LogP contribution < -0.4 is 9.46 Å².